The maximum atomic E-state index is 10.8. The molecule has 5 heteroatoms. The van der Waals surface area contributed by atoms with Gasteiger partial charge in [-0.25, -0.2) is 9.78 Å². The van der Waals surface area contributed by atoms with E-state index in [4.69, 9.17) is 0 Å². The third kappa shape index (κ3) is 2.02. The number of thiol groups is 1. The molecule has 1 heterocycles. The van der Waals surface area contributed by atoms with Crippen molar-refractivity contribution in [2.75, 3.05) is 0 Å². The number of aromatic amines is 1. The van der Waals surface area contributed by atoms with E-state index in [1.807, 2.05) is 0 Å². The average Bonchev–Trinajstić information content (AvgIpc) is 2.20. The molecule has 0 aliphatic rings. The normalized spacial score (nSPS) is 10.2. The second-order valence-electron chi connectivity index (χ2n) is 3.01. The van der Waals surface area contributed by atoms with Crippen molar-refractivity contribution in [3.8, 4) is 16.9 Å². The maximum Gasteiger partial charge on any atom is 0.344 e. The summed E-state index contributed by atoms with van der Waals surface area (Å²) < 4.78 is 0. The van der Waals surface area contributed by atoms with Crippen molar-refractivity contribution in [1.82, 2.24) is 9.97 Å². The van der Waals surface area contributed by atoms with Gasteiger partial charge >= 0.3 is 5.69 Å². The molecule has 0 spiro atoms. The van der Waals surface area contributed by atoms with Crippen LogP contribution in [0, 0.1) is 0 Å². The van der Waals surface area contributed by atoms with E-state index in [2.05, 4.69) is 22.6 Å². The van der Waals surface area contributed by atoms with Crippen LogP contribution in [0.15, 0.2) is 40.3 Å². The molecule has 0 saturated carbocycles. The van der Waals surface area contributed by atoms with Crippen molar-refractivity contribution in [3.63, 3.8) is 0 Å². The molecule has 1 aromatic heterocycles. The van der Waals surface area contributed by atoms with Crippen LogP contribution in [0.2, 0.25) is 0 Å². The molecule has 15 heavy (non-hydrogen) atoms. The predicted octanol–water partition coefficient (Wildman–Crippen LogP) is 1.43. The topological polar surface area (TPSA) is 66.0 Å². The summed E-state index contributed by atoms with van der Waals surface area (Å²) in [5.41, 5.74) is 1.16. The Balaban J connectivity index is 2.54. The Kier molecular flexibility index (Phi) is 2.47. The zero-order valence-electron chi connectivity index (χ0n) is 7.64. The van der Waals surface area contributed by atoms with E-state index in [9.17, 15) is 9.90 Å². The van der Waals surface area contributed by atoms with Crippen molar-refractivity contribution in [1.29, 1.82) is 0 Å². The molecular formula is C10H8N2O2S. The number of nitrogens with one attached hydrogen (secondary N) is 1. The summed E-state index contributed by atoms with van der Waals surface area (Å²) in [6.07, 6.45) is 3.02. The molecule has 2 rings (SSSR count). The molecule has 2 N–H and O–H groups in total. The van der Waals surface area contributed by atoms with E-state index >= 15 is 0 Å². The second-order valence-corrected chi connectivity index (χ2v) is 3.49. The van der Waals surface area contributed by atoms with Gasteiger partial charge in [0.15, 0.2) is 0 Å². The van der Waals surface area contributed by atoms with Gasteiger partial charge in [-0.05, 0) is 23.8 Å². The minimum absolute atomic E-state index is 0.154. The minimum Gasteiger partial charge on any atom is -0.508 e. The Hall–Kier alpha value is -1.75. The first kappa shape index (κ1) is 9.79. The number of hydrogen-bond donors (Lipinski definition) is 3. The number of nitrogens with zero attached hydrogens (tertiary/aromatic N) is 1. The lowest BCUT2D eigenvalue weighted by Crippen LogP contribution is -2.07. The van der Waals surface area contributed by atoms with Gasteiger partial charge in [0, 0.05) is 22.9 Å². The van der Waals surface area contributed by atoms with Crippen LogP contribution in [0.5, 0.6) is 5.75 Å². The molecule has 0 saturated heterocycles. The lowest BCUT2D eigenvalue weighted by molar-refractivity contribution is 0.474. The Labute approximate surface area is 91.0 Å². The second kappa shape index (κ2) is 3.78. The number of aromatic hydroxyl groups is 1. The van der Waals surface area contributed by atoms with Crippen molar-refractivity contribution >= 4 is 12.6 Å². The van der Waals surface area contributed by atoms with Crippen molar-refractivity contribution in [3.05, 3.63) is 41.1 Å². The van der Waals surface area contributed by atoms with Gasteiger partial charge in [-0.1, -0.05) is 0 Å². The van der Waals surface area contributed by atoms with Gasteiger partial charge in [0.1, 0.15) is 5.75 Å². The number of phenols is 1. The van der Waals surface area contributed by atoms with Crippen LogP contribution in [-0.2, 0) is 0 Å². The zero-order chi connectivity index (χ0) is 10.8. The average molecular weight is 220 g/mol. The van der Waals surface area contributed by atoms with Crippen LogP contribution in [0.25, 0.3) is 11.1 Å². The van der Waals surface area contributed by atoms with Crippen LogP contribution in [0.1, 0.15) is 0 Å². The van der Waals surface area contributed by atoms with Crippen molar-refractivity contribution in [2.45, 2.75) is 4.90 Å². The number of rotatable bonds is 1. The fourth-order valence-electron chi connectivity index (χ4n) is 1.25. The monoisotopic (exact) mass is 220 g/mol. The van der Waals surface area contributed by atoms with Gasteiger partial charge in [0.25, 0.3) is 0 Å². The van der Waals surface area contributed by atoms with E-state index < -0.39 is 5.69 Å². The molecule has 0 bridgehead atoms. The summed E-state index contributed by atoms with van der Waals surface area (Å²) in [4.78, 5) is 17.5. The van der Waals surface area contributed by atoms with Crippen LogP contribution in [0.4, 0.5) is 0 Å². The smallest absolute Gasteiger partial charge is 0.344 e. The van der Waals surface area contributed by atoms with Crippen molar-refractivity contribution in [2.24, 2.45) is 0 Å². The van der Waals surface area contributed by atoms with Gasteiger partial charge < -0.3 is 10.1 Å². The summed E-state index contributed by atoms with van der Waals surface area (Å²) in [6.45, 7) is 0. The molecular weight excluding hydrogens is 212 g/mol. The summed E-state index contributed by atoms with van der Waals surface area (Å²) >= 11 is 4.23. The molecule has 0 aliphatic heterocycles. The van der Waals surface area contributed by atoms with Gasteiger partial charge in [0.05, 0.1) is 0 Å². The Morgan fingerprint density at radius 2 is 2.20 bits per heavy atom. The number of H-pyrrole nitrogens is 1. The summed E-state index contributed by atoms with van der Waals surface area (Å²) in [7, 11) is 0. The first-order valence-electron chi connectivity index (χ1n) is 4.24. The lowest BCUT2D eigenvalue weighted by Gasteiger charge is -2.04. The highest BCUT2D eigenvalue weighted by atomic mass is 32.1. The third-order valence-electron chi connectivity index (χ3n) is 1.96. The largest absolute Gasteiger partial charge is 0.508 e. The fourth-order valence-corrected chi connectivity index (χ4v) is 1.59. The quantitative estimate of drug-likeness (QED) is 0.637. The molecule has 2 aromatic rings. The van der Waals surface area contributed by atoms with Crippen LogP contribution in [-0.4, -0.2) is 15.1 Å². The highest BCUT2D eigenvalue weighted by molar-refractivity contribution is 7.80. The van der Waals surface area contributed by atoms with Crippen LogP contribution in [0.3, 0.4) is 0 Å². The van der Waals surface area contributed by atoms with E-state index in [0.29, 0.717) is 4.90 Å². The first-order valence-corrected chi connectivity index (χ1v) is 4.68. The molecule has 0 aliphatic carbocycles. The Morgan fingerprint density at radius 3 is 2.80 bits per heavy atom. The van der Waals surface area contributed by atoms with Gasteiger partial charge in [0.2, 0.25) is 0 Å². The van der Waals surface area contributed by atoms with E-state index in [1.165, 1.54) is 12.3 Å². The highest BCUT2D eigenvalue weighted by Gasteiger charge is 2.03. The first-order chi connectivity index (χ1) is 7.16. The third-order valence-corrected chi connectivity index (χ3v) is 2.33. The molecule has 1 aromatic carbocycles. The minimum atomic E-state index is -0.391. The molecule has 0 unspecified atom stereocenters. The van der Waals surface area contributed by atoms with Gasteiger partial charge in [-0.15, -0.1) is 12.6 Å². The van der Waals surface area contributed by atoms with Crippen molar-refractivity contribution < 1.29 is 5.11 Å². The van der Waals surface area contributed by atoms with E-state index in [0.717, 1.165) is 11.1 Å². The lowest BCUT2D eigenvalue weighted by atomic mass is 10.1. The molecule has 0 fully saturated rings. The van der Waals surface area contributed by atoms with Gasteiger partial charge in [-0.2, -0.15) is 0 Å². The fraction of sp³-hybridized carbons (Fsp3) is 0. The van der Waals surface area contributed by atoms with E-state index in [1.54, 1.807) is 18.3 Å². The SMILES string of the molecule is O=c1ncc(-c2ccc(O)cc2S)c[nH]1. The summed E-state index contributed by atoms with van der Waals surface area (Å²) in [5.74, 6) is 0.154. The summed E-state index contributed by atoms with van der Waals surface area (Å²) in [6, 6.07) is 4.80. The van der Waals surface area contributed by atoms with Crippen LogP contribution < -0.4 is 5.69 Å². The highest BCUT2D eigenvalue weighted by Crippen LogP contribution is 2.28. The molecule has 0 atom stereocenters. The Morgan fingerprint density at radius 1 is 1.40 bits per heavy atom. The predicted molar refractivity (Wildman–Crippen MR) is 59.2 cm³/mol. The number of hydrogen-bond acceptors (Lipinski definition) is 4. The summed E-state index contributed by atoms with van der Waals surface area (Å²) in [5, 5.41) is 9.21. The van der Waals surface area contributed by atoms with Crippen LogP contribution >= 0.6 is 12.6 Å². The molecule has 0 radical (unpaired) electrons. The van der Waals surface area contributed by atoms with E-state index in [-0.39, 0.29) is 5.75 Å². The molecule has 76 valence electrons. The number of aromatic nitrogens is 2. The Bertz CT molecular complexity index is 531. The molecule has 4 nitrogen and oxygen atoms in total. The van der Waals surface area contributed by atoms with Gasteiger partial charge in [-0.3, -0.25) is 0 Å². The standard InChI is InChI=1S/C10H8N2O2S/c13-7-1-2-8(9(15)3-7)6-4-11-10(14)12-5-6/h1-5,13,15H,(H,11,12,14). The number of benzene rings is 1. The maximum absolute atomic E-state index is 10.8. The molecule has 0 amide bonds. The number of phenolic OH excluding ortho intramolecular Hbond substituents is 1. The zero-order valence-corrected chi connectivity index (χ0v) is 8.53.